The molecule has 0 spiro atoms. The van der Waals surface area contributed by atoms with E-state index in [1.54, 1.807) is 0 Å². The first-order valence-electron chi connectivity index (χ1n) is 6.71. The van der Waals surface area contributed by atoms with Crippen LogP contribution >= 0.6 is 43.5 Å². The van der Waals surface area contributed by atoms with Crippen molar-refractivity contribution in [3.8, 4) is 0 Å². The summed E-state index contributed by atoms with van der Waals surface area (Å²) < 4.78 is 0.934. The van der Waals surface area contributed by atoms with E-state index in [0.717, 1.165) is 21.5 Å². The lowest BCUT2D eigenvalue weighted by Crippen LogP contribution is -1.97. The van der Waals surface area contributed by atoms with Crippen LogP contribution in [0.2, 0.25) is 5.02 Å². The van der Waals surface area contributed by atoms with E-state index < -0.39 is 0 Å². The second-order valence-corrected chi connectivity index (χ2v) is 7.29. The molecule has 0 radical (unpaired) electrons. The van der Waals surface area contributed by atoms with Crippen molar-refractivity contribution in [2.75, 3.05) is 0 Å². The summed E-state index contributed by atoms with van der Waals surface area (Å²) in [6, 6.07) is 21.0. The van der Waals surface area contributed by atoms with E-state index in [2.05, 4.69) is 80.4 Å². The van der Waals surface area contributed by atoms with Gasteiger partial charge in [0.25, 0.3) is 0 Å². The Morgan fingerprint density at radius 3 is 2.48 bits per heavy atom. The largest absolute Gasteiger partial charge is 0.0835 e. The van der Waals surface area contributed by atoms with Crippen molar-refractivity contribution in [3.05, 3.63) is 81.3 Å². The van der Waals surface area contributed by atoms with Gasteiger partial charge in [0.15, 0.2) is 0 Å². The third-order valence-electron chi connectivity index (χ3n) is 3.60. The molecule has 0 aliphatic heterocycles. The molecular formula is C18H13Br2Cl. The molecule has 0 heterocycles. The van der Waals surface area contributed by atoms with Crippen LogP contribution in [0.5, 0.6) is 0 Å². The maximum atomic E-state index is 6.40. The molecule has 0 nitrogen and oxygen atoms in total. The number of halogens is 3. The Labute approximate surface area is 146 Å². The molecule has 0 bridgehead atoms. The molecule has 0 N–H and O–H groups in total. The molecule has 0 saturated carbocycles. The molecule has 0 amide bonds. The zero-order valence-corrected chi connectivity index (χ0v) is 15.1. The number of hydrogen-bond acceptors (Lipinski definition) is 0. The van der Waals surface area contributed by atoms with Gasteiger partial charge in [-0.2, -0.15) is 0 Å². The number of alkyl halides is 1. The summed E-state index contributed by atoms with van der Waals surface area (Å²) in [6.07, 6.45) is 0.900. The van der Waals surface area contributed by atoms with Gasteiger partial charge in [-0.25, -0.2) is 0 Å². The average Bonchev–Trinajstić information content (AvgIpc) is 2.50. The van der Waals surface area contributed by atoms with Crippen molar-refractivity contribution >= 4 is 54.2 Å². The van der Waals surface area contributed by atoms with Gasteiger partial charge in [0, 0.05) is 9.30 Å². The molecule has 3 rings (SSSR count). The monoisotopic (exact) mass is 422 g/mol. The Bertz CT molecular complexity index is 778. The quantitative estimate of drug-likeness (QED) is 0.400. The number of fused-ring (bicyclic) bond motifs is 1. The maximum Gasteiger partial charge on any atom is 0.0591 e. The second-order valence-electron chi connectivity index (χ2n) is 4.95. The van der Waals surface area contributed by atoms with Gasteiger partial charge in [0.05, 0.1) is 5.02 Å². The van der Waals surface area contributed by atoms with Crippen LogP contribution in [0.4, 0.5) is 0 Å². The molecule has 1 atom stereocenters. The molecule has 3 aromatic carbocycles. The minimum atomic E-state index is 0.188. The molecule has 0 aliphatic rings. The lowest BCUT2D eigenvalue weighted by molar-refractivity contribution is 0.956. The van der Waals surface area contributed by atoms with E-state index in [-0.39, 0.29) is 4.83 Å². The van der Waals surface area contributed by atoms with Crippen LogP contribution < -0.4 is 0 Å². The first-order chi connectivity index (χ1) is 10.2. The van der Waals surface area contributed by atoms with Gasteiger partial charge in [0.1, 0.15) is 0 Å². The van der Waals surface area contributed by atoms with Crippen LogP contribution in [0.25, 0.3) is 10.8 Å². The van der Waals surface area contributed by atoms with Crippen LogP contribution in [0.1, 0.15) is 16.0 Å². The topological polar surface area (TPSA) is 0 Å². The standard InChI is InChI=1S/C18H13Br2Cl/c19-16-10-4-9-15(18(16)21)17(20)11-13-7-3-6-12-5-1-2-8-14(12)13/h1-10,17H,11H2. The lowest BCUT2D eigenvalue weighted by Gasteiger charge is -2.14. The van der Waals surface area contributed by atoms with E-state index >= 15 is 0 Å². The minimum Gasteiger partial charge on any atom is -0.0835 e. The molecule has 21 heavy (non-hydrogen) atoms. The summed E-state index contributed by atoms with van der Waals surface area (Å²) in [7, 11) is 0. The van der Waals surface area contributed by atoms with Crippen molar-refractivity contribution in [1.82, 2.24) is 0 Å². The maximum absolute atomic E-state index is 6.40. The average molecular weight is 425 g/mol. The van der Waals surface area contributed by atoms with Crippen LogP contribution in [-0.2, 0) is 6.42 Å². The highest BCUT2D eigenvalue weighted by atomic mass is 79.9. The molecule has 106 valence electrons. The first-order valence-corrected chi connectivity index (χ1v) is 8.80. The molecule has 0 aliphatic carbocycles. The molecule has 1 unspecified atom stereocenters. The molecule has 3 heteroatoms. The van der Waals surface area contributed by atoms with Gasteiger partial charge in [-0.1, -0.05) is 82.1 Å². The van der Waals surface area contributed by atoms with E-state index in [4.69, 9.17) is 11.6 Å². The minimum absolute atomic E-state index is 0.188. The normalized spacial score (nSPS) is 12.5. The van der Waals surface area contributed by atoms with Crippen LogP contribution in [0, 0.1) is 0 Å². The third-order valence-corrected chi connectivity index (χ3v) is 5.73. The summed E-state index contributed by atoms with van der Waals surface area (Å²) in [6.45, 7) is 0. The SMILES string of the molecule is Clc1c(Br)cccc1C(Br)Cc1cccc2ccccc12. The van der Waals surface area contributed by atoms with Crippen molar-refractivity contribution < 1.29 is 0 Å². The van der Waals surface area contributed by atoms with Crippen molar-refractivity contribution in [3.63, 3.8) is 0 Å². The van der Waals surface area contributed by atoms with Gasteiger partial charge in [-0.3, -0.25) is 0 Å². The zero-order valence-electron chi connectivity index (χ0n) is 11.2. The highest BCUT2D eigenvalue weighted by Crippen LogP contribution is 2.37. The van der Waals surface area contributed by atoms with E-state index in [1.807, 2.05) is 12.1 Å². The Hall–Kier alpha value is -0.830. The predicted molar refractivity (Wildman–Crippen MR) is 98.5 cm³/mol. The fraction of sp³-hybridized carbons (Fsp3) is 0.111. The molecule has 0 saturated heterocycles. The van der Waals surface area contributed by atoms with Crippen LogP contribution in [0.3, 0.4) is 0 Å². The van der Waals surface area contributed by atoms with Gasteiger partial charge < -0.3 is 0 Å². The Morgan fingerprint density at radius 1 is 0.905 bits per heavy atom. The highest BCUT2D eigenvalue weighted by molar-refractivity contribution is 9.10. The summed E-state index contributed by atoms with van der Waals surface area (Å²) in [4.78, 5) is 0.188. The summed E-state index contributed by atoms with van der Waals surface area (Å²) in [5.74, 6) is 0. The van der Waals surface area contributed by atoms with E-state index in [0.29, 0.717) is 0 Å². The zero-order chi connectivity index (χ0) is 14.8. The summed E-state index contributed by atoms with van der Waals surface area (Å²) in [5.41, 5.74) is 2.44. The van der Waals surface area contributed by atoms with Gasteiger partial charge >= 0.3 is 0 Å². The molecule has 0 fully saturated rings. The molecular weight excluding hydrogens is 411 g/mol. The Morgan fingerprint density at radius 2 is 1.62 bits per heavy atom. The van der Waals surface area contributed by atoms with Crippen molar-refractivity contribution in [1.29, 1.82) is 0 Å². The Kier molecular flexibility index (Phi) is 4.68. The highest BCUT2D eigenvalue weighted by Gasteiger charge is 2.15. The fourth-order valence-corrected chi connectivity index (χ4v) is 4.04. The number of benzene rings is 3. The van der Waals surface area contributed by atoms with Crippen LogP contribution in [-0.4, -0.2) is 0 Å². The van der Waals surface area contributed by atoms with E-state index in [1.165, 1.54) is 16.3 Å². The molecule has 3 aromatic rings. The van der Waals surface area contributed by atoms with Crippen molar-refractivity contribution in [2.24, 2.45) is 0 Å². The van der Waals surface area contributed by atoms with Crippen LogP contribution in [0.15, 0.2) is 65.1 Å². The van der Waals surface area contributed by atoms with E-state index in [9.17, 15) is 0 Å². The second kappa shape index (κ2) is 6.51. The third kappa shape index (κ3) is 3.18. The van der Waals surface area contributed by atoms with Gasteiger partial charge in [-0.15, -0.1) is 0 Å². The summed E-state index contributed by atoms with van der Waals surface area (Å²) in [5, 5.41) is 3.35. The summed E-state index contributed by atoms with van der Waals surface area (Å²) >= 11 is 13.7. The smallest absolute Gasteiger partial charge is 0.0591 e. The predicted octanol–water partition coefficient (Wildman–Crippen LogP) is 6.93. The lowest BCUT2D eigenvalue weighted by atomic mass is 9.98. The fourth-order valence-electron chi connectivity index (χ4n) is 2.54. The molecule has 0 aromatic heterocycles. The van der Waals surface area contributed by atoms with Crippen molar-refractivity contribution in [2.45, 2.75) is 11.2 Å². The van der Waals surface area contributed by atoms with Gasteiger partial charge in [0.2, 0.25) is 0 Å². The Balaban J connectivity index is 1.97. The first kappa shape index (κ1) is 15.1. The van der Waals surface area contributed by atoms with Gasteiger partial charge in [-0.05, 0) is 50.3 Å². The number of hydrogen-bond donors (Lipinski definition) is 0. The number of rotatable bonds is 3.